The van der Waals surface area contributed by atoms with Gasteiger partial charge in [0.2, 0.25) is 5.91 Å². The van der Waals surface area contributed by atoms with Crippen LogP contribution in [0.2, 0.25) is 0 Å². The van der Waals surface area contributed by atoms with E-state index >= 15 is 0 Å². The molecule has 0 aliphatic carbocycles. The fraction of sp³-hybridized carbons (Fsp3) is 0.417. The van der Waals surface area contributed by atoms with Crippen LogP contribution >= 0.6 is 0 Å². The second-order valence-corrected chi connectivity index (χ2v) is 4.21. The summed E-state index contributed by atoms with van der Waals surface area (Å²) in [5.74, 6) is -0.494. The highest BCUT2D eigenvalue weighted by atomic mass is 19.4. The maximum atomic E-state index is 12.0. The number of amides is 1. The monoisotopic (exact) mass is 274 g/mol. The number of benzene rings is 1. The van der Waals surface area contributed by atoms with Gasteiger partial charge in [-0.1, -0.05) is 0 Å². The largest absolute Gasteiger partial charge is 0.573 e. The molecule has 19 heavy (non-hydrogen) atoms. The third-order valence-corrected chi connectivity index (χ3v) is 2.73. The molecule has 1 fully saturated rings. The number of carbonyl (C=O) groups excluding carboxylic acids is 1. The number of anilines is 1. The fourth-order valence-corrected chi connectivity index (χ4v) is 1.88. The number of alkyl halides is 3. The number of carbonyl (C=O) groups is 1. The Kier molecular flexibility index (Phi) is 3.94. The second kappa shape index (κ2) is 5.48. The Balaban J connectivity index is 1.93. The maximum absolute atomic E-state index is 12.0. The summed E-state index contributed by atoms with van der Waals surface area (Å²) in [6.45, 7) is 0.802. The van der Waals surface area contributed by atoms with Crippen molar-refractivity contribution in [3.8, 4) is 5.75 Å². The summed E-state index contributed by atoms with van der Waals surface area (Å²) in [6, 6.07) is 4.82. The molecule has 1 amide bonds. The van der Waals surface area contributed by atoms with Crippen molar-refractivity contribution in [2.45, 2.75) is 25.2 Å². The molecule has 1 aliphatic rings. The van der Waals surface area contributed by atoms with Crippen LogP contribution in [0, 0.1) is 0 Å². The number of rotatable bonds is 3. The highest BCUT2D eigenvalue weighted by Gasteiger charge is 2.31. The zero-order chi connectivity index (χ0) is 13.9. The van der Waals surface area contributed by atoms with Gasteiger partial charge in [-0.3, -0.25) is 4.79 Å². The fourth-order valence-electron chi connectivity index (χ4n) is 1.88. The van der Waals surface area contributed by atoms with E-state index in [4.69, 9.17) is 0 Å². The third kappa shape index (κ3) is 4.13. The molecule has 1 saturated heterocycles. The molecule has 2 rings (SSSR count). The van der Waals surface area contributed by atoms with Crippen molar-refractivity contribution < 1.29 is 22.7 Å². The zero-order valence-electron chi connectivity index (χ0n) is 9.96. The number of nitrogens with one attached hydrogen (secondary N) is 2. The molecule has 4 nitrogen and oxygen atoms in total. The molecule has 0 bridgehead atoms. The first kappa shape index (κ1) is 13.7. The van der Waals surface area contributed by atoms with Gasteiger partial charge in [0.1, 0.15) is 5.75 Å². The van der Waals surface area contributed by atoms with E-state index in [-0.39, 0.29) is 17.7 Å². The summed E-state index contributed by atoms with van der Waals surface area (Å²) < 4.78 is 39.6. The lowest BCUT2D eigenvalue weighted by atomic mass is 10.2. The molecule has 0 spiro atoms. The van der Waals surface area contributed by atoms with Crippen LogP contribution in [0.15, 0.2) is 24.3 Å². The molecule has 0 aromatic heterocycles. The average molecular weight is 274 g/mol. The molecular weight excluding hydrogens is 261 g/mol. The topological polar surface area (TPSA) is 50.4 Å². The van der Waals surface area contributed by atoms with Crippen LogP contribution in [0.1, 0.15) is 12.8 Å². The summed E-state index contributed by atoms with van der Waals surface area (Å²) in [4.78, 5) is 11.7. The Bertz CT molecular complexity index is 439. The highest BCUT2D eigenvalue weighted by molar-refractivity contribution is 5.95. The standard InChI is InChI=1S/C12H13F3N2O2/c13-12(14,15)19-9-5-3-8(4-6-9)17-11(18)10-2-1-7-16-10/h3-6,10,16H,1-2,7H2,(H,17,18). The minimum Gasteiger partial charge on any atom is -0.406 e. The number of hydrogen-bond donors (Lipinski definition) is 2. The smallest absolute Gasteiger partial charge is 0.406 e. The van der Waals surface area contributed by atoms with Crippen molar-refractivity contribution in [3.05, 3.63) is 24.3 Å². The lowest BCUT2D eigenvalue weighted by Crippen LogP contribution is -2.35. The van der Waals surface area contributed by atoms with E-state index in [1.165, 1.54) is 12.1 Å². The molecule has 1 unspecified atom stereocenters. The minimum absolute atomic E-state index is 0.179. The van der Waals surface area contributed by atoms with Gasteiger partial charge in [-0.25, -0.2) is 0 Å². The second-order valence-electron chi connectivity index (χ2n) is 4.21. The van der Waals surface area contributed by atoms with Gasteiger partial charge in [0.05, 0.1) is 6.04 Å². The average Bonchev–Trinajstić information content (AvgIpc) is 2.83. The Morgan fingerprint density at radius 3 is 2.53 bits per heavy atom. The summed E-state index contributed by atoms with van der Waals surface area (Å²) in [5.41, 5.74) is 0.438. The number of halogens is 3. The lowest BCUT2D eigenvalue weighted by Gasteiger charge is -2.12. The number of ether oxygens (including phenoxy) is 1. The van der Waals surface area contributed by atoms with E-state index in [0.29, 0.717) is 5.69 Å². The van der Waals surface area contributed by atoms with Gasteiger partial charge in [0.15, 0.2) is 0 Å². The molecule has 7 heteroatoms. The van der Waals surface area contributed by atoms with Crippen LogP contribution in [0.4, 0.5) is 18.9 Å². The maximum Gasteiger partial charge on any atom is 0.573 e. The Morgan fingerprint density at radius 1 is 1.32 bits per heavy atom. The lowest BCUT2D eigenvalue weighted by molar-refractivity contribution is -0.274. The van der Waals surface area contributed by atoms with Crippen molar-refractivity contribution in [1.29, 1.82) is 0 Å². The van der Waals surface area contributed by atoms with Crippen LogP contribution in [-0.4, -0.2) is 24.9 Å². The third-order valence-electron chi connectivity index (χ3n) is 2.73. The van der Waals surface area contributed by atoms with Gasteiger partial charge >= 0.3 is 6.36 Å². The van der Waals surface area contributed by atoms with Crippen molar-refractivity contribution in [3.63, 3.8) is 0 Å². The van der Waals surface area contributed by atoms with Crippen molar-refractivity contribution >= 4 is 11.6 Å². The highest BCUT2D eigenvalue weighted by Crippen LogP contribution is 2.24. The Labute approximate surface area is 107 Å². The SMILES string of the molecule is O=C(Nc1ccc(OC(F)(F)F)cc1)C1CCCN1. The molecule has 1 heterocycles. The molecule has 1 aromatic rings. The number of hydrogen-bond acceptors (Lipinski definition) is 3. The molecule has 0 radical (unpaired) electrons. The van der Waals surface area contributed by atoms with E-state index < -0.39 is 6.36 Å². The predicted octanol–water partition coefficient (Wildman–Crippen LogP) is 2.28. The predicted molar refractivity (Wildman–Crippen MR) is 62.8 cm³/mol. The normalized spacial score (nSPS) is 19.2. The molecule has 0 saturated carbocycles. The molecule has 2 N–H and O–H groups in total. The molecule has 1 atom stereocenters. The van der Waals surface area contributed by atoms with Crippen LogP contribution < -0.4 is 15.4 Å². The minimum atomic E-state index is -4.71. The van der Waals surface area contributed by atoms with E-state index in [9.17, 15) is 18.0 Å². The summed E-state index contributed by atoms with van der Waals surface area (Å²) in [6.07, 6.45) is -3.00. The van der Waals surface area contributed by atoms with E-state index in [2.05, 4.69) is 15.4 Å². The summed E-state index contributed by atoms with van der Waals surface area (Å²) in [7, 11) is 0. The molecule has 1 aliphatic heterocycles. The molecular formula is C12H13F3N2O2. The van der Waals surface area contributed by atoms with Gasteiger partial charge in [0.25, 0.3) is 0 Å². The van der Waals surface area contributed by atoms with Crippen molar-refractivity contribution in [2.75, 3.05) is 11.9 Å². The first-order chi connectivity index (χ1) is 8.94. The van der Waals surface area contributed by atoms with E-state index in [1.807, 2.05) is 0 Å². The van der Waals surface area contributed by atoms with E-state index in [0.717, 1.165) is 31.5 Å². The van der Waals surface area contributed by atoms with Crippen LogP contribution in [0.25, 0.3) is 0 Å². The van der Waals surface area contributed by atoms with Crippen molar-refractivity contribution in [1.82, 2.24) is 5.32 Å². The van der Waals surface area contributed by atoms with E-state index in [1.54, 1.807) is 0 Å². The van der Waals surface area contributed by atoms with Gasteiger partial charge < -0.3 is 15.4 Å². The zero-order valence-corrected chi connectivity index (χ0v) is 9.96. The first-order valence-electron chi connectivity index (χ1n) is 5.84. The van der Waals surface area contributed by atoms with Gasteiger partial charge in [-0.05, 0) is 43.7 Å². The van der Waals surface area contributed by atoms with Crippen LogP contribution in [-0.2, 0) is 4.79 Å². The quantitative estimate of drug-likeness (QED) is 0.889. The Hall–Kier alpha value is -1.76. The van der Waals surface area contributed by atoms with Crippen LogP contribution in [0.3, 0.4) is 0 Å². The summed E-state index contributed by atoms with van der Waals surface area (Å²) >= 11 is 0. The van der Waals surface area contributed by atoms with Crippen molar-refractivity contribution in [2.24, 2.45) is 0 Å². The van der Waals surface area contributed by atoms with Gasteiger partial charge in [-0.2, -0.15) is 0 Å². The van der Waals surface area contributed by atoms with Gasteiger partial charge in [0, 0.05) is 5.69 Å². The molecule has 104 valence electrons. The van der Waals surface area contributed by atoms with Gasteiger partial charge in [-0.15, -0.1) is 13.2 Å². The first-order valence-corrected chi connectivity index (χ1v) is 5.84. The summed E-state index contributed by atoms with van der Waals surface area (Å²) in [5, 5.41) is 5.67. The Morgan fingerprint density at radius 2 is 2.00 bits per heavy atom. The molecule has 1 aromatic carbocycles. The van der Waals surface area contributed by atoms with Crippen LogP contribution in [0.5, 0.6) is 5.75 Å².